The van der Waals surface area contributed by atoms with Crippen molar-refractivity contribution in [3.63, 3.8) is 0 Å². The van der Waals surface area contributed by atoms with Crippen LogP contribution in [0.25, 0.3) is 12.2 Å². The fraction of sp³-hybridized carbons (Fsp3) is 0.186. The van der Waals surface area contributed by atoms with E-state index in [1.54, 1.807) is 42.5 Å². The summed E-state index contributed by atoms with van der Waals surface area (Å²) >= 11 is 0. The highest BCUT2D eigenvalue weighted by molar-refractivity contribution is 6.02. The van der Waals surface area contributed by atoms with Crippen molar-refractivity contribution in [3.05, 3.63) is 143 Å². The minimum absolute atomic E-state index is 0.0381. The van der Waals surface area contributed by atoms with Crippen LogP contribution in [0.2, 0.25) is 0 Å². The lowest BCUT2D eigenvalue weighted by Crippen LogP contribution is -2.41. The number of benzene rings is 4. The lowest BCUT2D eigenvalue weighted by atomic mass is 10.1. The number of aliphatic hydroxyl groups excluding tert-OH is 1. The molecule has 0 spiro atoms. The second kappa shape index (κ2) is 21.5. The summed E-state index contributed by atoms with van der Waals surface area (Å²) in [6.45, 7) is 2.97. The normalized spacial score (nSPS) is 12.2. The van der Waals surface area contributed by atoms with Gasteiger partial charge in [-0.25, -0.2) is 19.2 Å². The number of ether oxygens (including phenoxy) is 6. The van der Waals surface area contributed by atoms with E-state index in [1.807, 2.05) is 36.4 Å². The number of hydrogen-bond acceptors (Lipinski definition) is 12. The molecule has 4 aromatic rings. The molecule has 0 saturated heterocycles. The molecule has 0 fully saturated rings. The van der Waals surface area contributed by atoms with E-state index in [9.17, 15) is 29.1 Å². The fourth-order valence-corrected chi connectivity index (χ4v) is 4.74. The molecular weight excluding hydrogens is 736 g/mol. The zero-order valence-corrected chi connectivity index (χ0v) is 31.6. The Labute approximate surface area is 329 Å². The van der Waals surface area contributed by atoms with Gasteiger partial charge in [0.1, 0.15) is 31.1 Å². The second-order valence-corrected chi connectivity index (χ2v) is 12.2. The number of amides is 2. The van der Waals surface area contributed by atoms with Gasteiger partial charge in [0.2, 0.25) is 0 Å². The third-order valence-electron chi connectivity index (χ3n) is 7.77. The minimum Gasteiger partial charge on any atom is -0.508 e. The maximum absolute atomic E-state index is 12.6. The van der Waals surface area contributed by atoms with Crippen LogP contribution in [0, 0.1) is 0 Å². The molecule has 14 heteroatoms. The number of alkyl carbamates (subject to hydrolysis) is 2. The van der Waals surface area contributed by atoms with Gasteiger partial charge in [-0.2, -0.15) is 0 Å². The van der Waals surface area contributed by atoms with Crippen molar-refractivity contribution < 1.29 is 57.5 Å². The number of nitrogens with one attached hydrogen (secondary N) is 2. The summed E-state index contributed by atoms with van der Waals surface area (Å²) in [5, 5.41) is 15.2. The first-order valence-corrected chi connectivity index (χ1v) is 17.5. The molecule has 2 atom stereocenters. The summed E-state index contributed by atoms with van der Waals surface area (Å²) < 4.78 is 31.8. The average Bonchev–Trinajstić information content (AvgIpc) is 3.21. The maximum Gasteiger partial charge on any atom is 0.408 e. The molecule has 0 aromatic heterocycles. The fourth-order valence-electron chi connectivity index (χ4n) is 4.74. The highest BCUT2D eigenvalue weighted by atomic mass is 16.6. The molecule has 57 heavy (non-hydrogen) atoms. The van der Waals surface area contributed by atoms with Gasteiger partial charge in [0, 0.05) is 6.08 Å². The average molecular weight is 779 g/mol. The van der Waals surface area contributed by atoms with Gasteiger partial charge >= 0.3 is 24.1 Å². The van der Waals surface area contributed by atoms with Crippen LogP contribution in [0.4, 0.5) is 9.59 Å². The molecule has 0 unspecified atom stereocenters. The van der Waals surface area contributed by atoms with Crippen LogP contribution in [-0.2, 0) is 37.1 Å². The van der Waals surface area contributed by atoms with Gasteiger partial charge in [-0.15, -0.1) is 0 Å². The van der Waals surface area contributed by atoms with E-state index < -0.39 is 42.0 Å². The van der Waals surface area contributed by atoms with E-state index in [0.29, 0.717) is 11.1 Å². The van der Waals surface area contributed by atoms with Gasteiger partial charge in [-0.3, -0.25) is 4.79 Å². The largest absolute Gasteiger partial charge is 0.508 e. The van der Waals surface area contributed by atoms with E-state index in [0.717, 1.165) is 17.2 Å². The Morgan fingerprint density at radius 1 is 0.596 bits per heavy atom. The first-order valence-electron chi connectivity index (χ1n) is 17.5. The number of hydrogen-bond donors (Lipinski definition) is 3. The predicted octanol–water partition coefficient (Wildman–Crippen LogP) is 6.88. The molecule has 4 aromatic carbocycles. The highest BCUT2D eigenvalue weighted by Crippen LogP contribution is 2.30. The Kier molecular flexibility index (Phi) is 16.0. The van der Waals surface area contributed by atoms with Crippen LogP contribution in [0.1, 0.15) is 36.1 Å². The molecule has 0 saturated carbocycles. The SMILES string of the molecule is COc1cc(/C=C/C(=O)C=C(O)/C=C/c2ccc(OC(=O)[C@H](C)NC(=O)OCc3ccccc3)c(OC)c2)ccc1OC(=O)[C@H](C)NC(=O)OCc1ccccc1. The summed E-state index contributed by atoms with van der Waals surface area (Å²) in [5.74, 6) is -1.80. The van der Waals surface area contributed by atoms with Crippen molar-refractivity contribution in [3.8, 4) is 23.0 Å². The third-order valence-corrected chi connectivity index (χ3v) is 7.77. The molecular formula is C43H42N2O12. The topological polar surface area (TPSA) is 185 Å². The Morgan fingerprint density at radius 2 is 1.02 bits per heavy atom. The standard InChI is InChI=1S/C43H42N2O12/c1-28(44-42(50)54-26-32-11-7-5-8-12-32)40(48)56-36-21-17-30(23-38(36)52-3)15-19-34(46)25-35(47)20-16-31-18-22-37(39(24-31)53-4)57-41(49)29(2)45-43(51)55-27-33-13-9-6-10-14-33/h5-25,28-29,46H,26-27H2,1-4H3,(H,44,50)(H,45,51)/b19-15+,20-16+,34-25?/t28-,29-/m0/s1. The predicted molar refractivity (Wildman–Crippen MR) is 209 cm³/mol. The number of carbonyl (C=O) groups is 5. The minimum atomic E-state index is -1.03. The molecule has 0 radical (unpaired) electrons. The maximum atomic E-state index is 12.6. The lowest BCUT2D eigenvalue weighted by molar-refractivity contribution is -0.137. The van der Waals surface area contributed by atoms with Crippen molar-refractivity contribution in [1.29, 1.82) is 0 Å². The van der Waals surface area contributed by atoms with Crippen LogP contribution in [-0.4, -0.2) is 61.3 Å². The summed E-state index contributed by atoms with van der Waals surface area (Å²) in [5.41, 5.74) is 2.66. The third kappa shape index (κ3) is 14.1. The van der Waals surface area contributed by atoms with E-state index in [1.165, 1.54) is 70.6 Å². The van der Waals surface area contributed by atoms with Crippen molar-refractivity contribution in [1.82, 2.24) is 10.6 Å². The lowest BCUT2D eigenvalue weighted by Gasteiger charge is -2.15. The quantitative estimate of drug-likeness (QED) is 0.0332. The van der Waals surface area contributed by atoms with Gasteiger partial charge in [0.15, 0.2) is 28.8 Å². The molecule has 0 aliphatic heterocycles. The molecule has 3 N–H and O–H groups in total. The van der Waals surface area contributed by atoms with Gasteiger partial charge < -0.3 is 44.2 Å². The van der Waals surface area contributed by atoms with Crippen LogP contribution >= 0.6 is 0 Å². The van der Waals surface area contributed by atoms with Crippen LogP contribution in [0.15, 0.2) is 121 Å². The monoisotopic (exact) mass is 778 g/mol. The second-order valence-electron chi connectivity index (χ2n) is 12.2. The number of ketones is 1. The number of carbonyl (C=O) groups excluding carboxylic acids is 5. The van der Waals surface area contributed by atoms with Crippen LogP contribution in [0.5, 0.6) is 23.0 Å². The highest BCUT2D eigenvalue weighted by Gasteiger charge is 2.22. The number of esters is 2. The molecule has 296 valence electrons. The molecule has 14 nitrogen and oxygen atoms in total. The summed E-state index contributed by atoms with van der Waals surface area (Å²) in [6.07, 6.45) is 4.95. The van der Waals surface area contributed by atoms with Crippen LogP contribution in [0.3, 0.4) is 0 Å². The molecule has 0 aliphatic carbocycles. The number of allylic oxidation sites excluding steroid dienone is 3. The Morgan fingerprint density at radius 3 is 1.44 bits per heavy atom. The van der Waals surface area contributed by atoms with Crippen LogP contribution < -0.4 is 29.6 Å². The number of aliphatic hydroxyl groups is 1. The molecule has 0 bridgehead atoms. The van der Waals surface area contributed by atoms with Gasteiger partial charge in [-0.05, 0) is 72.5 Å². The zero-order chi connectivity index (χ0) is 41.2. The van der Waals surface area contributed by atoms with Crippen molar-refractivity contribution in [2.24, 2.45) is 0 Å². The Balaban J connectivity index is 1.26. The Bertz CT molecular complexity index is 2110. The van der Waals surface area contributed by atoms with Gasteiger partial charge in [0.25, 0.3) is 0 Å². The Hall–Kier alpha value is -7.35. The summed E-state index contributed by atoms with van der Waals surface area (Å²) in [7, 11) is 2.76. The first kappa shape index (κ1) is 42.4. The van der Waals surface area contributed by atoms with E-state index in [4.69, 9.17) is 28.4 Å². The summed E-state index contributed by atoms with van der Waals surface area (Å²) in [4.78, 5) is 62.1. The zero-order valence-electron chi connectivity index (χ0n) is 31.6. The first-order chi connectivity index (χ1) is 27.4. The van der Waals surface area contributed by atoms with Crippen molar-refractivity contribution in [2.75, 3.05) is 14.2 Å². The number of rotatable bonds is 17. The summed E-state index contributed by atoms with van der Waals surface area (Å²) in [6, 6.07) is 25.3. The molecule has 2 amide bonds. The molecule has 0 aliphatic rings. The smallest absolute Gasteiger partial charge is 0.408 e. The van der Waals surface area contributed by atoms with E-state index in [-0.39, 0.29) is 42.0 Å². The van der Waals surface area contributed by atoms with Crippen molar-refractivity contribution in [2.45, 2.75) is 39.1 Å². The van der Waals surface area contributed by atoms with Crippen molar-refractivity contribution >= 4 is 42.1 Å². The van der Waals surface area contributed by atoms with E-state index in [2.05, 4.69) is 10.6 Å². The van der Waals surface area contributed by atoms with Gasteiger partial charge in [0.05, 0.1) is 14.2 Å². The van der Waals surface area contributed by atoms with Gasteiger partial charge in [-0.1, -0.05) is 84.9 Å². The molecule has 0 heterocycles. The molecule has 4 rings (SSSR count). The van der Waals surface area contributed by atoms with E-state index >= 15 is 0 Å². The number of methoxy groups -OCH3 is 2.